The minimum absolute atomic E-state index is 0.0684. The second-order valence-corrected chi connectivity index (χ2v) is 8.62. The third-order valence-corrected chi connectivity index (χ3v) is 5.86. The van der Waals surface area contributed by atoms with Gasteiger partial charge in [0.2, 0.25) is 11.8 Å². The number of aromatic nitrogens is 2. The highest BCUT2D eigenvalue weighted by Gasteiger charge is 2.26. The molecule has 2 amide bonds. The Morgan fingerprint density at radius 1 is 1.19 bits per heavy atom. The van der Waals surface area contributed by atoms with Gasteiger partial charge >= 0.3 is 0 Å². The Morgan fingerprint density at radius 2 is 1.94 bits per heavy atom. The van der Waals surface area contributed by atoms with E-state index in [1.54, 1.807) is 37.1 Å². The summed E-state index contributed by atoms with van der Waals surface area (Å²) >= 11 is 0. The largest absolute Gasteiger partial charge is 0.363 e. The van der Waals surface area contributed by atoms with Gasteiger partial charge in [-0.25, -0.2) is 14.4 Å². The lowest BCUT2D eigenvalue weighted by molar-refractivity contribution is -0.131. The van der Waals surface area contributed by atoms with Crippen molar-refractivity contribution < 1.29 is 14.0 Å². The molecule has 0 bridgehead atoms. The Morgan fingerprint density at radius 3 is 2.62 bits per heavy atom. The van der Waals surface area contributed by atoms with Crippen LogP contribution >= 0.6 is 0 Å². The molecule has 0 spiro atoms. The molecule has 3 rings (SSSR count). The molecule has 0 saturated carbocycles. The third-order valence-electron chi connectivity index (χ3n) is 5.86. The van der Waals surface area contributed by atoms with E-state index >= 15 is 0 Å². The first-order chi connectivity index (χ1) is 15.2. The van der Waals surface area contributed by atoms with Gasteiger partial charge in [-0.15, -0.1) is 0 Å². The molecule has 7 nitrogen and oxygen atoms in total. The van der Waals surface area contributed by atoms with Crippen molar-refractivity contribution in [1.82, 2.24) is 19.8 Å². The number of piperidine rings is 1. The highest BCUT2D eigenvalue weighted by atomic mass is 19.1. The number of likely N-dealkylation sites (tertiary alicyclic amines) is 1. The van der Waals surface area contributed by atoms with E-state index in [9.17, 15) is 14.0 Å². The molecular weight excluding hydrogens is 409 g/mol. The number of nitrogens with zero attached hydrogens (tertiary/aromatic N) is 5. The summed E-state index contributed by atoms with van der Waals surface area (Å²) < 4.78 is 13.8. The van der Waals surface area contributed by atoms with E-state index in [2.05, 4.69) is 0 Å². The third kappa shape index (κ3) is 6.02. The number of rotatable bonds is 7. The van der Waals surface area contributed by atoms with Crippen molar-refractivity contribution in [3.63, 3.8) is 0 Å². The van der Waals surface area contributed by atoms with Crippen molar-refractivity contribution in [1.29, 1.82) is 0 Å². The molecule has 1 aromatic carbocycles. The van der Waals surface area contributed by atoms with Crippen molar-refractivity contribution in [3.05, 3.63) is 53.2 Å². The molecule has 1 atom stereocenters. The highest BCUT2D eigenvalue weighted by Crippen LogP contribution is 2.26. The molecule has 1 aromatic heterocycles. The molecular formula is C24H32FN5O2. The van der Waals surface area contributed by atoms with Crippen LogP contribution in [0.1, 0.15) is 49.2 Å². The maximum Gasteiger partial charge on any atom is 0.222 e. The van der Waals surface area contributed by atoms with Gasteiger partial charge in [0, 0.05) is 59.6 Å². The molecule has 0 aliphatic carbocycles. The Kier molecular flexibility index (Phi) is 7.77. The van der Waals surface area contributed by atoms with Crippen molar-refractivity contribution in [3.8, 4) is 0 Å². The Bertz CT molecular complexity index is 965. The number of anilines is 1. The van der Waals surface area contributed by atoms with E-state index in [0.29, 0.717) is 30.9 Å². The van der Waals surface area contributed by atoms with Crippen LogP contribution in [-0.4, -0.2) is 65.8 Å². The zero-order chi connectivity index (χ0) is 23.3. The smallest absolute Gasteiger partial charge is 0.222 e. The molecule has 172 valence electrons. The Hall–Kier alpha value is -3.03. The predicted octanol–water partition coefficient (Wildman–Crippen LogP) is 3.00. The summed E-state index contributed by atoms with van der Waals surface area (Å²) in [5.41, 5.74) is 1.29. The lowest BCUT2D eigenvalue weighted by atomic mass is 9.97. The van der Waals surface area contributed by atoms with Gasteiger partial charge in [-0.05, 0) is 30.9 Å². The molecule has 1 unspecified atom stereocenters. The molecule has 1 aliphatic rings. The summed E-state index contributed by atoms with van der Waals surface area (Å²) in [7, 11) is 5.57. The standard InChI is InChI=1S/C24H32FN5O2/c1-17(31)30-13-7-9-19(15-30)24-26-20(14-22(27-24)28(2)3)16-29(4)23(32)12-11-18-8-5-6-10-21(18)25/h5-6,8,10,14,19H,7,9,11-13,15-16H2,1-4H3. The fourth-order valence-corrected chi connectivity index (χ4v) is 3.93. The topological polar surface area (TPSA) is 69.6 Å². The van der Waals surface area contributed by atoms with Crippen molar-refractivity contribution in [2.45, 2.75) is 45.1 Å². The number of benzene rings is 1. The average Bonchev–Trinajstić information content (AvgIpc) is 2.78. The van der Waals surface area contributed by atoms with Crippen molar-refractivity contribution in [2.24, 2.45) is 0 Å². The molecule has 1 aliphatic heterocycles. The summed E-state index contributed by atoms with van der Waals surface area (Å²) in [5.74, 6) is 1.28. The lowest BCUT2D eigenvalue weighted by Gasteiger charge is -2.31. The van der Waals surface area contributed by atoms with E-state index in [1.807, 2.05) is 30.0 Å². The molecule has 0 N–H and O–H groups in total. The van der Waals surface area contributed by atoms with E-state index in [0.717, 1.165) is 30.9 Å². The number of hydrogen-bond donors (Lipinski definition) is 0. The fraction of sp³-hybridized carbons (Fsp3) is 0.500. The average molecular weight is 442 g/mol. The number of halogens is 1. The number of carbonyl (C=O) groups excluding carboxylic acids is 2. The highest BCUT2D eigenvalue weighted by molar-refractivity contribution is 5.76. The predicted molar refractivity (Wildman–Crippen MR) is 122 cm³/mol. The normalized spacial score (nSPS) is 16.0. The summed E-state index contributed by atoms with van der Waals surface area (Å²) in [5, 5.41) is 0. The van der Waals surface area contributed by atoms with Crippen LogP contribution in [-0.2, 0) is 22.6 Å². The van der Waals surface area contributed by atoms with Gasteiger partial charge in [-0.1, -0.05) is 18.2 Å². The maximum absolute atomic E-state index is 13.8. The van der Waals surface area contributed by atoms with Crippen molar-refractivity contribution >= 4 is 17.6 Å². The zero-order valence-electron chi connectivity index (χ0n) is 19.3. The second-order valence-electron chi connectivity index (χ2n) is 8.62. The quantitative estimate of drug-likeness (QED) is 0.661. The Labute approximate surface area is 189 Å². The first-order valence-corrected chi connectivity index (χ1v) is 11.0. The summed E-state index contributed by atoms with van der Waals surface area (Å²) in [6.07, 6.45) is 2.43. The fourth-order valence-electron chi connectivity index (χ4n) is 3.93. The summed E-state index contributed by atoms with van der Waals surface area (Å²) in [6, 6.07) is 8.42. The first kappa shape index (κ1) is 23.6. The monoisotopic (exact) mass is 441 g/mol. The van der Waals surface area contributed by atoms with E-state index in [1.165, 1.54) is 6.07 Å². The van der Waals surface area contributed by atoms with Gasteiger partial charge in [0.1, 0.15) is 17.5 Å². The van der Waals surface area contributed by atoms with Crippen molar-refractivity contribution in [2.75, 3.05) is 39.1 Å². The van der Waals surface area contributed by atoms with E-state index in [4.69, 9.17) is 9.97 Å². The minimum atomic E-state index is -0.286. The van der Waals surface area contributed by atoms with Gasteiger partial charge in [0.05, 0.1) is 12.2 Å². The molecule has 1 saturated heterocycles. The second kappa shape index (κ2) is 10.5. The summed E-state index contributed by atoms with van der Waals surface area (Å²) in [4.78, 5) is 39.4. The zero-order valence-corrected chi connectivity index (χ0v) is 19.3. The van der Waals surface area contributed by atoms with Crippen LogP contribution in [0.2, 0.25) is 0 Å². The van der Waals surface area contributed by atoms with Crippen LogP contribution in [0.4, 0.5) is 10.2 Å². The van der Waals surface area contributed by atoms with Crippen LogP contribution in [0.25, 0.3) is 0 Å². The van der Waals surface area contributed by atoms with Crippen LogP contribution in [0, 0.1) is 5.82 Å². The minimum Gasteiger partial charge on any atom is -0.363 e. The molecule has 32 heavy (non-hydrogen) atoms. The van der Waals surface area contributed by atoms with Gasteiger partial charge < -0.3 is 14.7 Å². The lowest BCUT2D eigenvalue weighted by Crippen LogP contribution is -2.38. The first-order valence-electron chi connectivity index (χ1n) is 11.0. The molecule has 2 heterocycles. The van der Waals surface area contributed by atoms with Gasteiger partial charge in [0.25, 0.3) is 0 Å². The Balaban J connectivity index is 1.71. The SMILES string of the molecule is CC(=O)N1CCCC(c2nc(CN(C)C(=O)CCc3ccccc3F)cc(N(C)C)n2)C1. The number of carbonyl (C=O) groups is 2. The van der Waals surface area contributed by atoms with E-state index < -0.39 is 0 Å². The van der Waals surface area contributed by atoms with E-state index in [-0.39, 0.29) is 30.0 Å². The van der Waals surface area contributed by atoms with Crippen LogP contribution in [0.15, 0.2) is 30.3 Å². The van der Waals surface area contributed by atoms with Gasteiger partial charge in [-0.2, -0.15) is 0 Å². The van der Waals surface area contributed by atoms with Crippen LogP contribution in [0.5, 0.6) is 0 Å². The number of hydrogen-bond acceptors (Lipinski definition) is 5. The number of aryl methyl sites for hydroxylation is 1. The summed E-state index contributed by atoms with van der Waals surface area (Å²) in [6.45, 7) is 3.32. The number of amides is 2. The molecule has 8 heteroatoms. The van der Waals surface area contributed by atoms with Gasteiger partial charge in [0.15, 0.2) is 0 Å². The van der Waals surface area contributed by atoms with Gasteiger partial charge in [-0.3, -0.25) is 9.59 Å². The van der Waals surface area contributed by atoms with Crippen LogP contribution in [0.3, 0.4) is 0 Å². The maximum atomic E-state index is 13.8. The molecule has 1 fully saturated rings. The van der Waals surface area contributed by atoms with Crippen LogP contribution < -0.4 is 4.90 Å². The molecule has 0 radical (unpaired) electrons. The molecule has 2 aromatic rings.